The molecule has 0 aliphatic carbocycles. The number of rotatable bonds is 5. The standard InChI is InChI=1S/C16H18O5/c1-20-15-6-3-10(8-16(15)21-2)7-13(18)12-5-4-11(17)9-14(12)19/h3-6,8-9,13,17-19H,7H2,1-2H3. The first-order valence-electron chi connectivity index (χ1n) is 6.46. The predicted molar refractivity (Wildman–Crippen MR) is 78.0 cm³/mol. The van der Waals surface area contributed by atoms with Crippen molar-refractivity contribution >= 4 is 0 Å². The first kappa shape index (κ1) is 15.0. The largest absolute Gasteiger partial charge is 0.508 e. The highest BCUT2D eigenvalue weighted by Crippen LogP contribution is 2.32. The van der Waals surface area contributed by atoms with Gasteiger partial charge in [-0.25, -0.2) is 0 Å². The summed E-state index contributed by atoms with van der Waals surface area (Å²) in [6.45, 7) is 0. The van der Waals surface area contributed by atoms with E-state index in [1.807, 2.05) is 6.07 Å². The SMILES string of the molecule is COc1ccc(CC(O)c2ccc(O)cc2O)cc1OC. The van der Waals surface area contributed by atoms with E-state index in [2.05, 4.69) is 0 Å². The van der Waals surface area contributed by atoms with Crippen LogP contribution in [0.15, 0.2) is 36.4 Å². The molecule has 5 nitrogen and oxygen atoms in total. The average Bonchev–Trinajstić information content (AvgIpc) is 2.46. The number of methoxy groups -OCH3 is 2. The molecule has 2 aromatic rings. The summed E-state index contributed by atoms with van der Waals surface area (Å²) in [5.74, 6) is 1.01. The van der Waals surface area contributed by atoms with Gasteiger partial charge in [0.1, 0.15) is 11.5 Å². The minimum absolute atomic E-state index is 0.0467. The molecule has 21 heavy (non-hydrogen) atoms. The van der Waals surface area contributed by atoms with E-state index in [-0.39, 0.29) is 11.5 Å². The second kappa shape index (κ2) is 6.37. The van der Waals surface area contributed by atoms with E-state index in [4.69, 9.17) is 9.47 Å². The Balaban J connectivity index is 2.21. The van der Waals surface area contributed by atoms with Crippen molar-refractivity contribution in [3.8, 4) is 23.0 Å². The van der Waals surface area contributed by atoms with Gasteiger partial charge in [0.25, 0.3) is 0 Å². The van der Waals surface area contributed by atoms with Crippen LogP contribution in [0.3, 0.4) is 0 Å². The van der Waals surface area contributed by atoms with Gasteiger partial charge < -0.3 is 24.8 Å². The maximum absolute atomic E-state index is 10.2. The lowest BCUT2D eigenvalue weighted by Gasteiger charge is -2.14. The normalized spacial score (nSPS) is 12.0. The first-order valence-corrected chi connectivity index (χ1v) is 6.46. The molecule has 2 aromatic carbocycles. The monoisotopic (exact) mass is 290 g/mol. The quantitative estimate of drug-likeness (QED) is 0.788. The lowest BCUT2D eigenvalue weighted by Crippen LogP contribution is -2.03. The number of hydrogen-bond donors (Lipinski definition) is 3. The van der Waals surface area contributed by atoms with Crippen molar-refractivity contribution in [3.05, 3.63) is 47.5 Å². The van der Waals surface area contributed by atoms with Crippen LogP contribution in [0.2, 0.25) is 0 Å². The van der Waals surface area contributed by atoms with E-state index < -0.39 is 6.10 Å². The fourth-order valence-electron chi connectivity index (χ4n) is 2.15. The molecule has 0 aromatic heterocycles. The molecular formula is C16H18O5. The maximum Gasteiger partial charge on any atom is 0.160 e. The molecule has 3 N–H and O–H groups in total. The van der Waals surface area contributed by atoms with Gasteiger partial charge in [0.15, 0.2) is 11.5 Å². The van der Waals surface area contributed by atoms with Gasteiger partial charge in [-0.05, 0) is 29.8 Å². The number of aliphatic hydroxyl groups excluding tert-OH is 1. The van der Waals surface area contributed by atoms with Gasteiger partial charge in [-0.15, -0.1) is 0 Å². The Hall–Kier alpha value is -2.40. The Bertz CT molecular complexity index is 624. The zero-order valence-electron chi connectivity index (χ0n) is 11.9. The molecule has 0 saturated carbocycles. The van der Waals surface area contributed by atoms with E-state index in [0.717, 1.165) is 5.56 Å². The van der Waals surface area contributed by atoms with Crippen LogP contribution < -0.4 is 9.47 Å². The van der Waals surface area contributed by atoms with Crippen LogP contribution in [0.1, 0.15) is 17.2 Å². The van der Waals surface area contributed by atoms with E-state index in [1.165, 1.54) is 18.2 Å². The Labute approximate surface area is 123 Å². The summed E-state index contributed by atoms with van der Waals surface area (Å²) in [6, 6.07) is 9.48. The Morgan fingerprint density at radius 1 is 0.952 bits per heavy atom. The summed E-state index contributed by atoms with van der Waals surface area (Å²) in [6.07, 6.45) is -0.581. The number of benzene rings is 2. The van der Waals surface area contributed by atoms with Gasteiger partial charge in [0, 0.05) is 18.1 Å². The number of hydrogen-bond acceptors (Lipinski definition) is 5. The molecule has 0 heterocycles. The van der Waals surface area contributed by atoms with Crippen molar-refractivity contribution in [2.75, 3.05) is 14.2 Å². The minimum Gasteiger partial charge on any atom is -0.508 e. The lowest BCUT2D eigenvalue weighted by molar-refractivity contribution is 0.174. The van der Waals surface area contributed by atoms with Crippen molar-refractivity contribution < 1.29 is 24.8 Å². The highest BCUT2D eigenvalue weighted by molar-refractivity contribution is 5.44. The Morgan fingerprint density at radius 2 is 1.67 bits per heavy atom. The molecule has 0 radical (unpaired) electrons. The zero-order valence-corrected chi connectivity index (χ0v) is 11.9. The predicted octanol–water partition coefficient (Wildman–Crippen LogP) is 2.39. The highest BCUT2D eigenvalue weighted by atomic mass is 16.5. The second-order valence-corrected chi connectivity index (χ2v) is 4.65. The van der Waals surface area contributed by atoms with Crippen molar-refractivity contribution in [3.63, 3.8) is 0 Å². The summed E-state index contributed by atoms with van der Waals surface area (Å²) < 4.78 is 10.4. The van der Waals surface area contributed by atoms with Crippen LogP contribution in [-0.2, 0) is 6.42 Å². The summed E-state index contributed by atoms with van der Waals surface area (Å²) >= 11 is 0. The van der Waals surface area contributed by atoms with Gasteiger partial charge in [-0.1, -0.05) is 6.07 Å². The molecule has 1 unspecified atom stereocenters. The molecule has 0 fully saturated rings. The van der Waals surface area contributed by atoms with Crippen LogP contribution in [0.5, 0.6) is 23.0 Å². The maximum atomic E-state index is 10.2. The Morgan fingerprint density at radius 3 is 2.29 bits per heavy atom. The van der Waals surface area contributed by atoms with Crippen molar-refractivity contribution in [2.45, 2.75) is 12.5 Å². The molecule has 0 aliphatic rings. The fourth-order valence-corrected chi connectivity index (χ4v) is 2.15. The smallest absolute Gasteiger partial charge is 0.160 e. The number of ether oxygens (including phenoxy) is 2. The molecule has 2 rings (SSSR count). The van der Waals surface area contributed by atoms with E-state index >= 15 is 0 Å². The molecule has 1 atom stereocenters. The topological polar surface area (TPSA) is 79.2 Å². The highest BCUT2D eigenvalue weighted by Gasteiger charge is 2.15. The van der Waals surface area contributed by atoms with E-state index in [0.29, 0.717) is 23.5 Å². The second-order valence-electron chi connectivity index (χ2n) is 4.65. The van der Waals surface area contributed by atoms with Crippen molar-refractivity contribution in [1.82, 2.24) is 0 Å². The van der Waals surface area contributed by atoms with E-state index in [1.54, 1.807) is 26.4 Å². The number of aromatic hydroxyl groups is 2. The Kier molecular flexibility index (Phi) is 4.55. The summed E-state index contributed by atoms with van der Waals surface area (Å²) in [7, 11) is 3.10. The molecule has 0 amide bonds. The molecule has 112 valence electrons. The van der Waals surface area contributed by atoms with Crippen LogP contribution in [-0.4, -0.2) is 29.5 Å². The zero-order chi connectivity index (χ0) is 15.4. The summed E-state index contributed by atoms with van der Waals surface area (Å²) in [5, 5.41) is 29.2. The third-order valence-corrected chi connectivity index (χ3v) is 3.25. The summed E-state index contributed by atoms with van der Waals surface area (Å²) in [5.41, 5.74) is 1.20. The van der Waals surface area contributed by atoms with Crippen LogP contribution >= 0.6 is 0 Å². The van der Waals surface area contributed by atoms with E-state index in [9.17, 15) is 15.3 Å². The van der Waals surface area contributed by atoms with Gasteiger partial charge in [-0.2, -0.15) is 0 Å². The minimum atomic E-state index is -0.885. The number of phenolic OH excluding ortho intramolecular Hbond substituents is 2. The third kappa shape index (κ3) is 3.38. The first-order chi connectivity index (χ1) is 10.0. The number of phenols is 2. The number of aliphatic hydroxyl groups is 1. The molecule has 0 saturated heterocycles. The lowest BCUT2D eigenvalue weighted by atomic mass is 10.00. The van der Waals surface area contributed by atoms with Gasteiger partial charge in [-0.3, -0.25) is 0 Å². The summed E-state index contributed by atoms with van der Waals surface area (Å²) in [4.78, 5) is 0. The van der Waals surface area contributed by atoms with Crippen LogP contribution in [0, 0.1) is 0 Å². The molecule has 0 spiro atoms. The van der Waals surface area contributed by atoms with Gasteiger partial charge in [0.05, 0.1) is 20.3 Å². The van der Waals surface area contributed by atoms with Crippen molar-refractivity contribution in [2.24, 2.45) is 0 Å². The molecular weight excluding hydrogens is 272 g/mol. The molecule has 5 heteroatoms. The van der Waals surface area contributed by atoms with Crippen LogP contribution in [0.25, 0.3) is 0 Å². The third-order valence-electron chi connectivity index (χ3n) is 3.25. The average molecular weight is 290 g/mol. The molecule has 0 bridgehead atoms. The fraction of sp³-hybridized carbons (Fsp3) is 0.250. The molecule has 0 aliphatic heterocycles. The van der Waals surface area contributed by atoms with Crippen molar-refractivity contribution in [1.29, 1.82) is 0 Å². The van der Waals surface area contributed by atoms with Gasteiger partial charge >= 0.3 is 0 Å². The van der Waals surface area contributed by atoms with Gasteiger partial charge in [0.2, 0.25) is 0 Å². The van der Waals surface area contributed by atoms with Crippen LogP contribution in [0.4, 0.5) is 0 Å².